The minimum absolute atomic E-state index is 0.00111. The summed E-state index contributed by atoms with van der Waals surface area (Å²) < 4.78 is 31.7. The second-order valence-corrected chi connectivity index (χ2v) is 17.4. The molecule has 1 unspecified atom stereocenters. The number of anilines is 1. The molecule has 64 heavy (non-hydrogen) atoms. The molecule has 6 amide bonds. The first-order chi connectivity index (χ1) is 29.8. The first-order valence-corrected chi connectivity index (χ1v) is 21.9. The molecule has 0 radical (unpaired) electrons. The van der Waals surface area contributed by atoms with Crippen molar-refractivity contribution in [2.24, 2.45) is 29.2 Å². The van der Waals surface area contributed by atoms with E-state index in [1.165, 1.54) is 4.90 Å². The lowest BCUT2D eigenvalue weighted by atomic mass is 9.83. The summed E-state index contributed by atoms with van der Waals surface area (Å²) in [6, 6.07) is 2.69. The Bertz CT molecular complexity index is 1750. The molecule has 1 heterocycles. The van der Waals surface area contributed by atoms with Crippen molar-refractivity contribution in [3.63, 3.8) is 0 Å². The number of amides is 6. The molecule has 0 spiro atoms. The third-order valence-corrected chi connectivity index (χ3v) is 11.1. The van der Waals surface area contributed by atoms with Crippen LogP contribution < -0.4 is 38.5 Å². The van der Waals surface area contributed by atoms with Gasteiger partial charge in [-0.05, 0) is 109 Å². The second kappa shape index (κ2) is 25.6. The predicted molar refractivity (Wildman–Crippen MR) is 234 cm³/mol. The van der Waals surface area contributed by atoms with Gasteiger partial charge in [0.2, 0.25) is 35.4 Å². The van der Waals surface area contributed by atoms with Gasteiger partial charge in [-0.2, -0.15) is 13.2 Å². The SMILES string of the molecule is CC(C)C[C@H](NC(=O)[C@H](CCCNC(=N)N)NC(=O)[C@@H](NC(=O)C(Cc1ccc(N)cc1)C(=O)N(C(C)C)C(C)C)C1CCCCC1)C(=O)N1CCC[C@H]1C(N)=O.O=C(O)C(F)(F)F. The van der Waals surface area contributed by atoms with Crippen molar-refractivity contribution in [2.45, 2.75) is 155 Å². The van der Waals surface area contributed by atoms with Gasteiger partial charge in [0, 0.05) is 30.9 Å². The number of carbonyl (C=O) groups excluding carboxylic acids is 6. The van der Waals surface area contributed by atoms with Gasteiger partial charge in [0.1, 0.15) is 30.1 Å². The molecule has 1 saturated carbocycles. The van der Waals surface area contributed by atoms with Crippen LogP contribution in [0.15, 0.2) is 24.3 Å². The van der Waals surface area contributed by atoms with Crippen molar-refractivity contribution in [1.82, 2.24) is 31.1 Å². The quantitative estimate of drug-likeness (QED) is 0.0301. The van der Waals surface area contributed by atoms with Gasteiger partial charge in [0.05, 0.1) is 0 Å². The van der Waals surface area contributed by atoms with Crippen LogP contribution in [0.2, 0.25) is 0 Å². The molecule has 0 aromatic heterocycles. The lowest BCUT2D eigenvalue weighted by molar-refractivity contribution is -0.192. The first kappa shape index (κ1) is 54.5. The lowest BCUT2D eigenvalue weighted by Crippen LogP contribution is -2.60. The number of nitrogens with one attached hydrogen (secondary N) is 5. The summed E-state index contributed by atoms with van der Waals surface area (Å²) in [7, 11) is 0. The lowest BCUT2D eigenvalue weighted by Gasteiger charge is -2.35. The number of rotatable bonds is 20. The Morgan fingerprint density at radius 1 is 0.828 bits per heavy atom. The summed E-state index contributed by atoms with van der Waals surface area (Å²) >= 11 is 0. The van der Waals surface area contributed by atoms with Crippen LogP contribution in [0.1, 0.15) is 111 Å². The van der Waals surface area contributed by atoms with Crippen molar-refractivity contribution >= 4 is 53.1 Å². The minimum Gasteiger partial charge on any atom is -0.475 e. The van der Waals surface area contributed by atoms with Gasteiger partial charge in [0.25, 0.3) is 0 Å². The predicted octanol–water partition coefficient (Wildman–Crippen LogP) is 2.53. The molecule has 12 N–H and O–H groups in total. The number of carbonyl (C=O) groups is 7. The van der Waals surface area contributed by atoms with Crippen molar-refractivity contribution in [2.75, 3.05) is 18.8 Å². The van der Waals surface area contributed by atoms with Gasteiger partial charge in [-0.25, -0.2) is 4.79 Å². The number of hydrogen-bond acceptors (Lipinski definition) is 9. The topological polar surface area (TPSA) is 296 Å². The van der Waals surface area contributed by atoms with E-state index in [-0.39, 0.29) is 61.6 Å². The number of nitrogens with two attached hydrogens (primary N) is 3. The Morgan fingerprint density at radius 2 is 1.39 bits per heavy atom. The molecular weight excluding hydrogens is 842 g/mol. The molecule has 2 aliphatic rings. The van der Waals surface area contributed by atoms with E-state index in [2.05, 4.69) is 21.3 Å². The Kier molecular flexibility index (Phi) is 21.8. The minimum atomic E-state index is -5.08. The van der Waals surface area contributed by atoms with Crippen LogP contribution in [-0.4, -0.2) is 118 Å². The zero-order valence-corrected chi connectivity index (χ0v) is 37.8. The number of halogens is 3. The second-order valence-electron chi connectivity index (χ2n) is 17.4. The molecule has 1 aliphatic carbocycles. The van der Waals surface area contributed by atoms with Gasteiger partial charge >= 0.3 is 12.1 Å². The summed E-state index contributed by atoms with van der Waals surface area (Å²) in [5, 5.41) is 26.1. The highest BCUT2D eigenvalue weighted by molar-refractivity contribution is 6.03. The maximum Gasteiger partial charge on any atom is 0.490 e. The monoisotopic (exact) mass is 911 g/mol. The number of nitrogen functional groups attached to an aromatic ring is 1. The van der Waals surface area contributed by atoms with Crippen molar-refractivity contribution in [3.05, 3.63) is 29.8 Å². The zero-order chi connectivity index (χ0) is 48.5. The molecule has 2 fully saturated rings. The van der Waals surface area contributed by atoms with Gasteiger partial charge < -0.3 is 53.4 Å². The number of likely N-dealkylation sites (tertiary alicyclic amines) is 1. The van der Waals surface area contributed by atoms with E-state index in [4.69, 9.17) is 32.5 Å². The van der Waals surface area contributed by atoms with E-state index in [1.54, 1.807) is 29.2 Å². The third kappa shape index (κ3) is 17.5. The molecule has 1 aromatic carbocycles. The molecule has 21 heteroatoms. The smallest absolute Gasteiger partial charge is 0.475 e. The zero-order valence-electron chi connectivity index (χ0n) is 37.8. The number of primary amides is 1. The normalized spacial score (nSPS) is 17.3. The van der Waals surface area contributed by atoms with E-state index >= 15 is 0 Å². The highest BCUT2D eigenvalue weighted by atomic mass is 19.4. The fraction of sp³-hybridized carbons (Fsp3) is 0.674. The van der Waals surface area contributed by atoms with Gasteiger partial charge in [0.15, 0.2) is 5.96 Å². The van der Waals surface area contributed by atoms with Crippen LogP contribution in [0.3, 0.4) is 0 Å². The molecule has 360 valence electrons. The molecule has 1 saturated heterocycles. The molecule has 1 aromatic rings. The summed E-state index contributed by atoms with van der Waals surface area (Å²) in [4.78, 5) is 95.3. The summed E-state index contributed by atoms with van der Waals surface area (Å²) in [5.41, 5.74) is 18.3. The van der Waals surface area contributed by atoms with Crippen molar-refractivity contribution in [1.29, 1.82) is 5.41 Å². The van der Waals surface area contributed by atoms with E-state index in [0.29, 0.717) is 44.3 Å². The average Bonchev–Trinajstić information content (AvgIpc) is 3.70. The van der Waals surface area contributed by atoms with Gasteiger partial charge in [-0.1, -0.05) is 45.2 Å². The molecule has 0 bridgehead atoms. The molecule has 3 rings (SSSR count). The van der Waals surface area contributed by atoms with Crippen LogP contribution >= 0.6 is 0 Å². The Morgan fingerprint density at radius 3 is 1.89 bits per heavy atom. The summed E-state index contributed by atoms with van der Waals surface area (Å²) in [6.07, 6.45) is 0.827. The number of nitrogens with zero attached hydrogens (tertiary/aromatic N) is 2. The average molecular weight is 911 g/mol. The van der Waals surface area contributed by atoms with E-state index < -0.39 is 71.8 Å². The Hall–Kier alpha value is -5.63. The van der Waals surface area contributed by atoms with Crippen LogP contribution in [0, 0.1) is 23.2 Å². The number of aliphatic carboxylic acids is 1. The summed E-state index contributed by atoms with van der Waals surface area (Å²) in [6.45, 7) is 12.0. The number of guanidine groups is 1. The number of benzene rings is 1. The fourth-order valence-electron chi connectivity index (χ4n) is 8.14. The van der Waals surface area contributed by atoms with E-state index in [1.807, 2.05) is 41.5 Å². The number of alkyl halides is 3. The standard InChI is InChI=1S/C41H68N10O6.C2HF3O2/c1-24(2)22-32(40(57)50-21-11-15-33(50)35(43)52)48-37(54)31(14-10-20-46-41(44)45)47-38(55)34(28-12-8-7-9-13-28)49-36(53)30(23-27-16-18-29(42)19-17-27)39(56)51(25(3)4)26(5)6;3-2(4,5)1(6)7/h16-19,24-26,28,30-34H,7-15,20-23,42H2,1-6H3,(H2,43,52)(H,47,55)(H,48,54)(H,49,53)(H4,44,45,46);(H,6,7)/t30?,31-,32-,33-,34-;/m0./s1. The highest BCUT2D eigenvalue weighted by Gasteiger charge is 2.41. The molecule has 1 aliphatic heterocycles. The van der Waals surface area contributed by atoms with Crippen LogP contribution in [0.4, 0.5) is 18.9 Å². The summed E-state index contributed by atoms with van der Waals surface area (Å²) in [5.74, 6) is -7.53. The first-order valence-electron chi connectivity index (χ1n) is 21.9. The Labute approximate surface area is 373 Å². The fourth-order valence-corrected chi connectivity index (χ4v) is 8.14. The maximum absolute atomic E-state index is 14.5. The third-order valence-electron chi connectivity index (χ3n) is 11.1. The molecule has 5 atom stereocenters. The highest BCUT2D eigenvalue weighted by Crippen LogP contribution is 2.28. The van der Waals surface area contributed by atoms with Crippen molar-refractivity contribution in [3.8, 4) is 0 Å². The Balaban J connectivity index is 0.00000185. The van der Waals surface area contributed by atoms with Crippen LogP contribution in [0.25, 0.3) is 0 Å². The van der Waals surface area contributed by atoms with E-state index in [9.17, 15) is 41.9 Å². The maximum atomic E-state index is 14.5. The van der Waals surface area contributed by atoms with Gasteiger partial charge in [-0.3, -0.25) is 34.2 Å². The van der Waals surface area contributed by atoms with Gasteiger partial charge in [-0.15, -0.1) is 0 Å². The number of hydrogen-bond donors (Lipinski definition) is 9. The molecule has 18 nitrogen and oxygen atoms in total. The van der Waals surface area contributed by atoms with Crippen LogP contribution in [0.5, 0.6) is 0 Å². The van der Waals surface area contributed by atoms with Crippen LogP contribution in [-0.2, 0) is 40.0 Å². The molecular formula is C43H69F3N10O8. The number of carboxylic acid groups (broad SMARTS) is 1. The van der Waals surface area contributed by atoms with Crippen molar-refractivity contribution < 1.29 is 51.8 Å². The van der Waals surface area contributed by atoms with E-state index in [0.717, 1.165) is 24.8 Å². The largest absolute Gasteiger partial charge is 0.490 e. The number of carboxylic acids is 1.